The van der Waals surface area contributed by atoms with E-state index in [9.17, 15) is 4.79 Å². The second-order valence-electron chi connectivity index (χ2n) is 4.98. The van der Waals surface area contributed by atoms with E-state index < -0.39 is 0 Å². The summed E-state index contributed by atoms with van der Waals surface area (Å²) >= 11 is 1.58. The van der Waals surface area contributed by atoms with Crippen LogP contribution < -0.4 is 4.90 Å². The van der Waals surface area contributed by atoms with Crippen molar-refractivity contribution in [3.05, 3.63) is 65.0 Å². The molecule has 0 unspecified atom stereocenters. The maximum absolute atomic E-state index is 12.7. The van der Waals surface area contributed by atoms with Gasteiger partial charge in [-0.1, -0.05) is 36.4 Å². The van der Waals surface area contributed by atoms with Crippen LogP contribution in [0.4, 0.5) is 5.69 Å². The Kier molecular flexibility index (Phi) is 2.60. The molecule has 3 heteroatoms. The highest BCUT2D eigenvalue weighted by molar-refractivity contribution is 7.20. The van der Waals surface area contributed by atoms with Crippen molar-refractivity contribution < 1.29 is 4.79 Å². The predicted molar refractivity (Wildman–Crippen MR) is 83.6 cm³/mol. The van der Waals surface area contributed by atoms with Gasteiger partial charge in [0.2, 0.25) is 0 Å². The molecule has 0 saturated heterocycles. The number of carbonyl (C=O) groups excluding carboxylic acids is 1. The molecule has 20 heavy (non-hydrogen) atoms. The zero-order valence-electron chi connectivity index (χ0n) is 10.9. The van der Waals surface area contributed by atoms with Crippen LogP contribution in [0.15, 0.2) is 54.6 Å². The quantitative estimate of drug-likeness (QED) is 0.656. The van der Waals surface area contributed by atoms with E-state index in [1.54, 1.807) is 11.3 Å². The molecule has 2 aromatic carbocycles. The van der Waals surface area contributed by atoms with Crippen LogP contribution in [0.25, 0.3) is 10.1 Å². The molecule has 0 atom stereocenters. The fraction of sp³-hybridized carbons (Fsp3) is 0.118. The lowest BCUT2D eigenvalue weighted by atomic mass is 10.2. The highest BCUT2D eigenvalue weighted by atomic mass is 32.1. The van der Waals surface area contributed by atoms with Crippen molar-refractivity contribution in [2.45, 2.75) is 6.42 Å². The maximum Gasteiger partial charge on any atom is 0.268 e. The van der Waals surface area contributed by atoms with Crippen LogP contribution in [0.3, 0.4) is 0 Å². The molecular weight excluding hydrogens is 266 g/mol. The van der Waals surface area contributed by atoms with E-state index in [1.165, 1.54) is 10.3 Å². The SMILES string of the molecule is O=C(c1cc2ccccc2s1)N1CCc2ccccc21. The van der Waals surface area contributed by atoms with E-state index >= 15 is 0 Å². The van der Waals surface area contributed by atoms with Crippen LogP contribution in [-0.2, 0) is 6.42 Å². The first-order valence-corrected chi connectivity index (χ1v) is 7.53. The van der Waals surface area contributed by atoms with Gasteiger partial charge in [-0.05, 0) is 35.6 Å². The van der Waals surface area contributed by atoms with Crippen LogP contribution >= 0.6 is 11.3 Å². The molecule has 1 aromatic heterocycles. The number of amides is 1. The van der Waals surface area contributed by atoms with E-state index in [4.69, 9.17) is 0 Å². The summed E-state index contributed by atoms with van der Waals surface area (Å²) in [6.45, 7) is 0.784. The second-order valence-corrected chi connectivity index (χ2v) is 6.07. The average Bonchev–Trinajstić information content (AvgIpc) is 3.10. The predicted octanol–water partition coefficient (Wildman–Crippen LogP) is 4.10. The Morgan fingerprint density at radius 1 is 1.05 bits per heavy atom. The standard InChI is InChI=1S/C17H13NOS/c19-17(16-11-13-6-2-4-8-15(13)20-16)18-10-9-12-5-1-3-7-14(12)18/h1-8,11H,9-10H2. The summed E-state index contributed by atoms with van der Waals surface area (Å²) < 4.78 is 1.17. The molecule has 3 aromatic rings. The van der Waals surface area contributed by atoms with Crippen molar-refractivity contribution in [1.82, 2.24) is 0 Å². The highest BCUT2D eigenvalue weighted by Crippen LogP contribution is 2.32. The van der Waals surface area contributed by atoms with Crippen molar-refractivity contribution in [3.8, 4) is 0 Å². The fourth-order valence-corrected chi connectivity index (χ4v) is 3.78. The van der Waals surface area contributed by atoms with Gasteiger partial charge < -0.3 is 4.90 Å². The third kappa shape index (κ3) is 1.74. The van der Waals surface area contributed by atoms with Crippen LogP contribution in [0.2, 0.25) is 0 Å². The Labute approximate surface area is 121 Å². The van der Waals surface area contributed by atoms with Crippen molar-refractivity contribution in [1.29, 1.82) is 0 Å². The van der Waals surface area contributed by atoms with E-state index in [2.05, 4.69) is 18.2 Å². The number of nitrogens with zero attached hydrogens (tertiary/aromatic N) is 1. The minimum absolute atomic E-state index is 0.121. The molecule has 0 saturated carbocycles. The molecule has 2 heterocycles. The van der Waals surface area contributed by atoms with Gasteiger partial charge in [-0.2, -0.15) is 0 Å². The number of benzene rings is 2. The summed E-state index contributed by atoms with van der Waals surface area (Å²) in [6, 6.07) is 18.3. The molecule has 4 rings (SSSR count). The molecule has 0 N–H and O–H groups in total. The first-order chi connectivity index (χ1) is 9.83. The van der Waals surface area contributed by atoms with Crippen LogP contribution in [-0.4, -0.2) is 12.5 Å². The first-order valence-electron chi connectivity index (χ1n) is 6.71. The maximum atomic E-state index is 12.7. The normalized spacial score (nSPS) is 13.7. The summed E-state index contributed by atoms with van der Waals surface area (Å²) in [7, 11) is 0. The number of hydrogen-bond acceptors (Lipinski definition) is 2. The Balaban J connectivity index is 1.74. The van der Waals surface area contributed by atoms with Crippen molar-refractivity contribution >= 4 is 33.0 Å². The summed E-state index contributed by atoms with van der Waals surface area (Å²) in [5.74, 6) is 0.121. The smallest absolute Gasteiger partial charge is 0.268 e. The third-order valence-corrected chi connectivity index (χ3v) is 4.87. The Morgan fingerprint density at radius 3 is 2.75 bits per heavy atom. The number of carbonyl (C=O) groups is 1. The molecular formula is C17H13NOS. The zero-order valence-corrected chi connectivity index (χ0v) is 11.7. The van der Waals surface area contributed by atoms with E-state index in [-0.39, 0.29) is 5.91 Å². The Morgan fingerprint density at radius 2 is 1.85 bits per heavy atom. The van der Waals surface area contributed by atoms with Gasteiger partial charge in [0.25, 0.3) is 5.91 Å². The summed E-state index contributed by atoms with van der Waals surface area (Å²) in [6.07, 6.45) is 0.951. The minimum Gasteiger partial charge on any atom is -0.307 e. The topological polar surface area (TPSA) is 20.3 Å². The minimum atomic E-state index is 0.121. The number of fused-ring (bicyclic) bond motifs is 2. The number of anilines is 1. The Hall–Kier alpha value is -2.13. The lowest BCUT2D eigenvalue weighted by Gasteiger charge is -2.15. The van der Waals surface area contributed by atoms with Crippen molar-refractivity contribution in [3.63, 3.8) is 0 Å². The van der Waals surface area contributed by atoms with Gasteiger partial charge in [0, 0.05) is 16.9 Å². The average molecular weight is 279 g/mol. The monoisotopic (exact) mass is 279 g/mol. The van der Waals surface area contributed by atoms with Crippen LogP contribution in [0.5, 0.6) is 0 Å². The molecule has 0 aliphatic carbocycles. The summed E-state index contributed by atoms with van der Waals surface area (Å²) in [5, 5.41) is 1.15. The second kappa shape index (κ2) is 4.46. The molecule has 0 spiro atoms. The van der Waals surface area contributed by atoms with Crippen LogP contribution in [0.1, 0.15) is 15.2 Å². The molecule has 98 valence electrons. The molecule has 1 aliphatic heterocycles. The fourth-order valence-electron chi connectivity index (χ4n) is 2.77. The lowest BCUT2D eigenvalue weighted by Crippen LogP contribution is -2.28. The van der Waals surface area contributed by atoms with Crippen molar-refractivity contribution in [2.75, 3.05) is 11.4 Å². The first kappa shape index (κ1) is 11.7. The lowest BCUT2D eigenvalue weighted by molar-refractivity contribution is 0.0993. The largest absolute Gasteiger partial charge is 0.307 e. The molecule has 0 radical (unpaired) electrons. The number of rotatable bonds is 1. The third-order valence-electron chi connectivity index (χ3n) is 3.77. The molecule has 1 amide bonds. The number of para-hydroxylation sites is 1. The molecule has 2 nitrogen and oxygen atoms in total. The van der Waals surface area contributed by atoms with Crippen molar-refractivity contribution in [2.24, 2.45) is 0 Å². The number of hydrogen-bond donors (Lipinski definition) is 0. The van der Waals surface area contributed by atoms with Gasteiger partial charge >= 0.3 is 0 Å². The van der Waals surface area contributed by atoms with E-state index in [0.29, 0.717) is 0 Å². The van der Waals surface area contributed by atoms with E-state index in [1.807, 2.05) is 41.3 Å². The summed E-state index contributed by atoms with van der Waals surface area (Å²) in [5.41, 5.74) is 2.33. The van der Waals surface area contributed by atoms with Gasteiger partial charge in [0.1, 0.15) is 0 Å². The van der Waals surface area contributed by atoms with Gasteiger partial charge in [-0.15, -0.1) is 11.3 Å². The molecule has 0 fully saturated rings. The number of thiophene rings is 1. The highest BCUT2D eigenvalue weighted by Gasteiger charge is 2.26. The van der Waals surface area contributed by atoms with Gasteiger partial charge in [-0.3, -0.25) is 4.79 Å². The van der Waals surface area contributed by atoms with Gasteiger partial charge in [0.15, 0.2) is 0 Å². The van der Waals surface area contributed by atoms with Gasteiger partial charge in [0.05, 0.1) is 4.88 Å². The van der Waals surface area contributed by atoms with E-state index in [0.717, 1.165) is 28.9 Å². The summed E-state index contributed by atoms with van der Waals surface area (Å²) in [4.78, 5) is 15.4. The molecule has 0 bridgehead atoms. The Bertz CT molecular complexity index is 772. The van der Waals surface area contributed by atoms with Crippen LogP contribution in [0, 0.1) is 0 Å². The van der Waals surface area contributed by atoms with Gasteiger partial charge in [-0.25, -0.2) is 0 Å². The molecule has 1 aliphatic rings. The zero-order chi connectivity index (χ0) is 13.5.